The number of benzene rings is 1. The van der Waals surface area contributed by atoms with Gasteiger partial charge in [0.2, 0.25) is 0 Å². The first kappa shape index (κ1) is 14.0. The van der Waals surface area contributed by atoms with E-state index in [1.54, 1.807) is 11.3 Å². The molecule has 5 heteroatoms. The highest BCUT2D eigenvalue weighted by molar-refractivity contribution is 7.98. The maximum Gasteiger partial charge on any atom is 0.129 e. The molecule has 1 aliphatic rings. The summed E-state index contributed by atoms with van der Waals surface area (Å²) in [4.78, 5) is 2.10. The molecule has 0 saturated carbocycles. The Morgan fingerprint density at radius 1 is 1.25 bits per heavy atom. The summed E-state index contributed by atoms with van der Waals surface area (Å²) in [5.41, 5.74) is 1.22. The zero-order valence-corrected chi connectivity index (χ0v) is 12.4. The molecular weight excluding hydrogens is 298 g/mol. The number of halogens is 2. The van der Waals surface area contributed by atoms with E-state index in [1.165, 1.54) is 28.6 Å². The maximum atomic E-state index is 13.6. The number of hydrogen-bond acceptors (Lipinski definition) is 3. The Bertz CT molecular complexity index is 581. The predicted octanol–water partition coefficient (Wildman–Crippen LogP) is 4.09. The lowest BCUT2D eigenvalue weighted by atomic mass is 10.0. The van der Waals surface area contributed by atoms with Crippen LogP contribution in [-0.2, 0) is 18.6 Å². The van der Waals surface area contributed by atoms with Crippen LogP contribution >= 0.6 is 23.1 Å². The molecule has 1 nitrogen and oxygen atoms in total. The number of thiophene rings is 1. The second kappa shape index (κ2) is 5.84. The minimum absolute atomic E-state index is 0.0228. The normalized spacial score (nSPS) is 15.9. The fourth-order valence-electron chi connectivity index (χ4n) is 2.36. The molecule has 3 rings (SSSR count). The van der Waals surface area contributed by atoms with Crippen LogP contribution in [0.1, 0.15) is 27.0 Å². The standard InChI is InChI=1S/C15H14F2OS2/c16-11-2-1-3-12(17)10(11)7-13(18)15-6-9-8-19-5-4-14(9)20-15/h1-3,6,13,18H,4-5,7-8H2. The van der Waals surface area contributed by atoms with Crippen LogP contribution in [0.3, 0.4) is 0 Å². The Hall–Kier alpha value is -0.910. The summed E-state index contributed by atoms with van der Waals surface area (Å²) >= 11 is 3.44. The molecule has 2 aromatic rings. The van der Waals surface area contributed by atoms with E-state index in [2.05, 4.69) is 0 Å². The maximum absolute atomic E-state index is 13.6. The van der Waals surface area contributed by atoms with E-state index < -0.39 is 17.7 Å². The molecule has 1 unspecified atom stereocenters. The van der Waals surface area contributed by atoms with Crippen molar-refractivity contribution in [3.8, 4) is 0 Å². The van der Waals surface area contributed by atoms with Crippen molar-refractivity contribution in [3.63, 3.8) is 0 Å². The first-order chi connectivity index (χ1) is 9.65. The van der Waals surface area contributed by atoms with Gasteiger partial charge in [-0.1, -0.05) is 6.07 Å². The fraction of sp³-hybridized carbons (Fsp3) is 0.333. The molecule has 1 aromatic heterocycles. The van der Waals surface area contributed by atoms with Crippen LogP contribution in [-0.4, -0.2) is 10.9 Å². The highest BCUT2D eigenvalue weighted by Gasteiger charge is 2.20. The van der Waals surface area contributed by atoms with Gasteiger partial charge in [0, 0.05) is 27.5 Å². The Morgan fingerprint density at radius 3 is 2.70 bits per heavy atom. The van der Waals surface area contributed by atoms with Crippen molar-refractivity contribution in [2.24, 2.45) is 0 Å². The Labute approximate surface area is 124 Å². The predicted molar refractivity (Wildman–Crippen MR) is 79.2 cm³/mol. The van der Waals surface area contributed by atoms with Crippen LogP contribution in [0.5, 0.6) is 0 Å². The third-order valence-corrected chi connectivity index (χ3v) is 5.78. The minimum atomic E-state index is -0.845. The molecule has 1 N–H and O–H groups in total. The summed E-state index contributed by atoms with van der Waals surface area (Å²) < 4.78 is 27.2. The lowest BCUT2D eigenvalue weighted by Crippen LogP contribution is -2.04. The van der Waals surface area contributed by atoms with Crippen LogP contribution < -0.4 is 0 Å². The second-order valence-electron chi connectivity index (χ2n) is 4.82. The molecular formula is C15H14F2OS2. The number of fused-ring (bicyclic) bond motifs is 1. The lowest BCUT2D eigenvalue weighted by Gasteiger charge is -2.10. The van der Waals surface area contributed by atoms with E-state index in [-0.39, 0.29) is 12.0 Å². The largest absolute Gasteiger partial charge is 0.387 e. The highest BCUT2D eigenvalue weighted by Crippen LogP contribution is 2.35. The number of aliphatic hydroxyl groups is 1. The van der Waals surface area contributed by atoms with Gasteiger partial charge in [-0.05, 0) is 35.9 Å². The van der Waals surface area contributed by atoms with Gasteiger partial charge in [0.25, 0.3) is 0 Å². The molecule has 106 valence electrons. The van der Waals surface area contributed by atoms with Gasteiger partial charge in [-0.15, -0.1) is 11.3 Å². The van der Waals surface area contributed by atoms with Crippen LogP contribution in [0, 0.1) is 11.6 Å². The molecule has 0 aliphatic carbocycles. The van der Waals surface area contributed by atoms with E-state index >= 15 is 0 Å². The molecule has 0 bridgehead atoms. The van der Waals surface area contributed by atoms with E-state index in [9.17, 15) is 13.9 Å². The molecule has 0 saturated heterocycles. The second-order valence-corrected chi connectivity index (χ2v) is 7.09. The molecule has 20 heavy (non-hydrogen) atoms. The fourth-order valence-corrected chi connectivity index (χ4v) is 4.72. The van der Waals surface area contributed by atoms with Crippen LogP contribution in [0.25, 0.3) is 0 Å². The number of aliphatic hydroxyl groups excluding tert-OH is 1. The molecule has 1 aliphatic heterocycles. The van der Waals surface area contributed by atoms with Crippen molar-refractivity contribution in [2.75, 3.05) is 5.75 Å². The average molecular weight is 312 g/mol. The lowest BCUT2D eigenvalue weighted by molar-refractivity contribution is 0.179. The number of hydrogen-bond donors (Lipinski definition) is 1. The molecule has 1 aromatic carbocycles. The van der Waals surface area contributed by atoms with Gasteiger partial charge in [-0.2, -0.15) is 11.8 Å². The summed E-state index contributed by atoms with van der Waals surface area (Å²) in [6, 6.07) is 5.76. The molecule has 2 heterocycles. The Kier molecular flexibility index (Phi) is 4.10. The van der Waals surface area contributed by atoms with Crippen LogP contribution in [0.2, 0.25) is 0 Å². The third-order valence-electron chi connectivity index (χ3n) is 3.43. The summed E-state index contributed by atoms with van der Waals surface area (Å²) in [6.07, 6.45) is 0.151. The Balaban J connectivity index is 1.82. The van der Waals surface area contributed by atoms with E-state index in [1.807, 2.05) is 17.8 Å². The van der Waals surface area contributed by atoms with Gasteiger partial charge in [0.1, 0.15) is 11.6 Å². The third kappa shape index (κ3) is 2.75. The number of rotatable bonds is 3. The van der Waals surface area contributed by atoms with Gasteiger partial charge in [-0.25, -0.2) is 8.78 Å². The van der Waals surface area contributed by atoms with Crippen molar-refractivity contribution in [1.82, 2.24) is 0 Å². The van der Waals surface area contributed by atoms with Crippen LogP contribution in [0.4, 0.5) is 8.78 Å². The van der Waals surface area contributed by atoms with E-state index in [0.717, 1.165) is 22.8 Å². The van der Waals surface area contributed by atoms with E-state index in [0.29, 0.717) is 0 Å². The monoisotopic (exact) mass is 312 g/mol. The van der Waals surface area contributed by atoms with Crippen molar-refractivity contribution in [1.29, 1.82) is 0 Å². The van der Waals surface area contributed by atoms with Gasteiger partial charge in [0.15, 0.2) is 0 Å². The molecule has 0 radical (unpaired) electrons. The van der Waals surface area contributed by atoms with Gasteiger partial charge in [0.05, 0.1) is 6.10 Å². The zero-order valence-electron chi connectivity index (χ0n) is 10.7. The smallest absolute Gasteiger partial charge is 0.129 e. The topological polar surface area (TPSA) is 20.2 Å². The van der Waals surface area contributed by atoms with Crippen molar-refractivity contribution in [2.45, 2.75) is 24.7 Å². The average Bonchev–Trinajstić information content (AvgIpc) is 2.87. The molecule has 0 fully saturated rings. The minimum Gasteiger partial charge on any atom is -0.387 e. The first-order valence-corrected chi connectivity index (χ1v) is 8.42. The SMILES string of the molecule is OC(Cc1c(F)cccc1F)c1cc2c(s1)CCSC2. The quantitative estimate of drug-likeness (QED) is 0.921. The molecule has 0 spiro atoms. The molecule has 1 atom stereocenters. The number of thioether (sulfide) groups is 1. The van der Waals surface area contributed by atoms with E-state index in [4.69, 9.17) is 0 Å². The summed E-state index contributed by atoms with van der Waals surface area (Å²) in [5, 5.41) is 10.2. The number of aryl methyl sites for hydroxylation is 1. The van der Waals surface area contributed by atoms with Crippen molar-refractivity contribution in [3.05, 3.63) is 56.8 Å². The first-order valence-electron chi connectivity index (χ1n) is 6.45. The zero-order chi connectivity index (χ0) is 14.1. The summed E-state index contributed by atoms with van der Waals surface area (Å²) in [7, 11) is 0. The summed E-state index contributed by atoms with van der Waals surface area (Å²) in [6.45, 7) is 0. The van der Waals surface area contributed by atoms with Crippen LogP contribution in [0.15, 0.2) is 24.3 Å². The van der Waals surface area contributed by atoms with Crippen molar-refractivity contribution < 1.29 is 13.9 Å². The van der Waals surface area contributed by atoms with Gasteiger partial charge in [-0.3, -0.25) is 0 Å². The highest BCUT2D eigenvalue weighted by atomic mass is 32.2. The Morgan fingerprint density at radius 2 is 2.00 bits per heavy atom. The van der Waals surface area contributed by atoms with Crippen molar-refractivity contribution >= 4 is 23.1 Å². The van der Waals surface area contributed by atoms with Gasteiger partial charge < -0.3 is 5.11 Å². The van der Waals surface area contributed by atoms with Gasteiger partial charge >= 0.3 is 0 Å². The summed E-state index contributed by atoms with van der Waals surface area (Å²) in [5.74, 6) is 0.874. The molecule has 0 amide bonds.